The summed E-state index contributed by atoms with van der Waals surface area (Å²) in [5.74, 6) is -2.18. The number of hydrogen-bond acceptors (Lipinski definition) is 5. The lowest BCUT2D eigenvalue weighted by Crippen LogP contribution is -2.47. The zero-order valence-corrected chi connectivity index (χ0v) is 14.1. The molecule has 0 radical (unpaired) electrons. The fourth-order valence-electron chi connectivity index (χ4n) is 2.55. The molecule has 7 nitrogen and oxygen atoms in total. The second kappa shape index (κ2) is 8.01. The van der Waals surface area contributed by atoms with E-state index in [1.165, 1.54) is 11.0 Å². The van der Waals surface area contributed by atoms with E-state index in [-0.39, 0.29) is 18.4 Å². The van der Waals surface area contributed by atoms with Crippen molar-refractivity contribution in [2.75, 3.05) is 30.7 Å². The number of anilines is 2. The number of ether oxygens (including phenoxy) is 1. The number of hydrogen-bond donors (Lipinski definition) is 2. The van der Waals surface area contributed by atoms with E-state index in [0.29, 0.717) is 42.4 Å². The Kier molecular flexibility index (Phi) is 6.03. The van der Waals surface area contributed by atoms with Crippen LogP contribution in [0.1, 0.15) is 19.8 Å². The van der Waals surface area contributed by atoms with Crippen molar-refractivity contribution in [1.82, 2.24) is 4.90 Å². The topological polar surface area (TPSA) is 102 Å². The average molecular weight is 354 g/mol. The van der Waals surface area contributed by atoms with Crippen molar-refractivity contribution in [2.24, 2.45) is 5.92 Å². The van der Waals surface area contributed by atoms with Gasteiger partial charge in [-0.15, -0.1) is 0 Å². The number of nitrogen functional groups attached to an aromatic ring is 1. The van der Waals surface area contributed by atoms with Crippen LogP contribution in [0.3, 0.4) is 0 Å². The number of nitrogens with zero attached hydrogens (tertiary/aromatic N) is 1. The maximum atomic E-state index is 12.3. The maximum Gasteiger partial charge on any atom is 0.313 e. The monoisotopic (exact) mass is 353 g/mol. The van der Waals surface area contributed by atoms with Gasteiger partial charge >= 0.3 is 17.8 Å². The highest BCUT2D eigenvalue weighted by atomic mass is 35.5. The number of halogens is 1. The summed E-state index contributed by atoms with van der Waals surface area (Å²) in [7, 11) is 0. The van der Waals surface area contributed by atoms with Gasteiger partial charge in [0.15, 0.2) is 0 Å². The Labute approximate surface area is 145 Å². The summed E-state index contributed by atoms with van der Waals surface area (Å²) in [4.78, 5) is 37.6. The zero-order valence-electron chi connectivity index (χ0n) is 13.4. The standard InChI is InChI=1S/C16H20ClN3O4/c1-2-24-16(23)10-4-3-7-20(9-10)15(22)14(21)19-11-5-6-13(18)12(17)8-11/h5-6,8,10H,2-4,7,9,18H2,1H3,(H,19,21). The van der Waals surface area contributed by atoms with E-state index in [0.717, 1.165) is 0 Å². The first kappa shape index (κ1) is 18.1. The number of benzene rings is 1. The van der Waals surface area contributed by atoms with Gasteiger partial charge in [-0.3, -0.25) is 14.4 Å². The van der Waals surface area contributed by atoms with E-state index in [9.17, 15) is 14.4 Å². The Bertz CT molecular complexity index is 650. The second-order valence-corrected chi connectivity index (χ2v) is 5.94. The molecule has 0 saturated carbocycles. The normalized spacial score (nSPS) is 17.2. The molecular weight excluding hydrogens is 334 g/mol. The molecule has 1 fully saturated rings. The van der Waals surface area contributed by atoms with Gasteiger partial charge < -0.3 is 20.7 Å². The first-order valence-corrected chi connectivity index (χ1v) is 8.12. The van der Waals surface area contributed by atoms with E-state index < -0.39 is 11.8 Å². The van der Waals surface area contributed by atoms with E-state index in [1.807, 2.05) is 0 Å². The number of carbonyl (C=O) groups is 3. The van der Waals surface area contributed by atoms with Crippen LogP contribution in [0.5, 0.6) is 0 Å². The van der Waals surface area contributed by atoms with Crippen LogP contribution in [0.25, 0.3) is 0 Å². The first-order chi connectivity index (χ1) is 11.4. The number of esters is 1. The Hall–Kier alpha value is -2.28. The molecule has 3 N–H and O–H groups in total. The summed E-state index contributed by atoms with van der Waals surface area (Å²) in [6, 6.07) is 4.57. The summed E-state index contributed by atoms with van der Waals surface area (Å²) >= 11 is 5.89. The minimum atomic E-state index is -0.777. The number of carbonyl (C=O) groups excluding carboxylic acids is 3. The third kappa shape index (κ3) is 4.38. The van der Waals surface area contributed by atoms with Gasteiger partial charge in [0.2, 0.25) is 0 Å². The van der Waals surface area contributed by atoms with Crippen molar-refractivity contribution >= 4 is 40.8 Å². The molecule has 2 amide bonds. The molecule has 24 heavy (non-hydrogen) atoms. The number of nitrogens with two attached hydrogens (primary N) is 1. The second-order valence-electron chi connectivity index (χ2n) is 5.53. The van der Waals surface area contributed by atoms with Gasteiger partial charge in [-0.2, -0.15) is 0 Å². The molecule has 0 spiro atoms. The van der Waals surface area contributed by atoms with Crippen LogP contribution in [0.15, 0.2) is 18.2 Å². The van der Waals surface area contributed by atoms with Gasteiger partial charge in [0.05, 0.1) is 23.2 Å². The summed E-state index contributed by atoms with van der Waals surface area (Å²) in [6.07, 6.45) is 1.30. The molecule has 1 aromatic rings. The first-order valence-electron chi connectivity index (χ1n) is 7.74. The molecule has 1 aliphatic rings. The van der Waals surface area contributed by atoms with E-state index in [2.05, 4.69) is 5.32 Å². The molecule has 1 aliphatic heterocycles. The van der Waals surface area contributed by atoms with Crippen LogP contribution in [-0.2, 0) is 19.1 Å². The van der Waals surface area contributed by atoms with Crippen LogP contribution >= 0.6 is 11.6 Å². The quantitative estimate of drug-likeness (QED) is 0.489. The smallest absolute Gasteiger partial charge is 0.313 e. The van der Waals surface area contributed by atoms with Crippen molar-refractivity contribution in [1.29, 1.82) is 0 Å². The summed E-state index contributed by atoms with van der Waals surface area (Å²) in [6.45, 7) is 2.65. The lowest BCUT2D eigenvalue weighted by molar-refractivity contribution is -0.153. The average Bonchev–Trinajstić information content (AvgIpc) is 2.57. The summed E-state index contributed by atoms with van der Waals surface area (Å²) in [5, 5.41) is 2.78. The number of amides is 2. The van der Waals surface area contributed by atoms with Crippen molar-refractivity contribution in [3.05, 3.63) is 23.2 Å². The van der Waals surface area contributed by atoms with E-state index in [1.54, 1.807) is 19.1 Å². The third-order valence-electron chi connectivity index (χ3n) is 3.78. The van der Waals surface area contributed by atoms with Gasteiger partial charge in [-0.1, -0.05) is 11.6 Å². The van der Waals surface area contributed by atoms with Crippen LogP contribution in [0, 0.1) is 5.92 Å². The molecule has 1 aromatic carbocycles. The van der Waals surface area contributed by atoms with Gasteiger partial charge in [0, 0.05) is 18.8 Å². The Morgan fingerprint density at radius 1 is 1.42 bits per heavy atom. The van der Waals surface area contributed by atoms with E-state index in [4.69, 9.17) is 22.1 Å². The molecule has 0 bridgehead atoms. The minimum absolute atomic E-state index is 0.188. The molecule has 1 saturated heterocycles. The number of nitrogens with one attached hydrogen (secondary N) is 1. The molecule has 8 heteroatoms. The molecule has 1 unspecified atom stereocenters. The highest BCUT2D eigenvalue weighted by Crippen LogP contribution is 2.23. The minimum Gasteiger partial charge on any atom is -0.466 e. The van der Waals surface area contributed by atoms with Gasteiger partial charge in [0.25, 0.3) is 0 Å². The predicted octanol–water partition coefficient (Wildman–Crippen LogP) is 1.66. The predicted molar refractivity (Wildman–Crippen MR) is 90.4 cm³/mol. The molecule has 2 rings (SSSR count). The van der Waals surface area contributed by atoms with Crippen molar-refractivity contribution in [3.8, 4) is 0 Å². The largest absolute Gasteiger partial charge is 0.466 e. The molecular formula is C16H20ClN3O4. The SMILES string of the molecule is CCOC(=O)C1CCCN(C(=O)C(=O)Nc2ccc(N)c(Cl)c2)C1. The van der Waals surface area contributed by atoms with Gasteiger partial charge in [-0.25, -0.2) is 0 Å². The molecule has 0 aliphatic carbocycles. The lowest BCUT2D eigenvalue weighted by atomic mass is 9.98. The Morgan fingerprint density at radius 3 is 2.83 bits per heavy atom. The van der Waals surface area contributed by atoms with Crippen LogP contribution in [0.2, 0.25) is 5.02 Å². The highest BCUT2D eigenvalue weighted by molar-refractivity contribution is 6.40. The Balaban J connectivity index is 1.98. The fraction of sp³-hybridized carbons (Fsp3) is 0.438. The lowest BCUT2D eigenvalue weighted by Gasteiger charge is -2.31. The molecule has 0 aromatic heterocycles. The Morgan fingerprint density at radius 2 is 2.17 bits per heavy atom. The van der Waals surface area contributed by atoms with Crippen molar-refractivity contribution < 1.29 is 19.1 Å². The van der Waals surface area contributed by atoms with Crippen molar-refractivity contribution in [2.45, 2.75) is 19.8 Å². The maximum absolute atomic E-state index is 12.3. The van der Waals surface area contributed by atoms with Crippen molar-refractivity contribution in [3.63, 3.8) is 0 Å². The van der Waals surface area contributed by atoms with Crippen LogP contribution in [0.4, 0.5) is 11.4 Å². The zero-order chi connectivity index (χ0) is 17.7. The molecule has 1 heterocycles. The molecule has 130 valence electrons. The van der Waals surface area contributed by atoms with Crippen LogP contribution in [-0.4, -0.2) is 42.4 Å². The van der Waals surface area contributed by atoms with E-state index >= 15 is 0 Å². The van der Waals surface area contributed by atoms with Gasteiger partial charge in [0.1, 0.15) is 0 Å². The van der Waals surface area contributed by atoms with Gasteiger partial charge in [-0.05, 0) is 38.0 Å². The third-order valence-corrected chi connectivity index (χ3v) is 4.11. The number of likely N-dealkylation sites (tertiary alicyclic amines) is 1. The number of piperidine rings is 1. The summed E-state index contributed by atoms with van der Waals surface area (Å²) < 4.78 is 4.99. The number of rotatable bonds is 3. The highest BCUT2D eigenvalue weighted by Gasteiger charge is 2.32. The molecule has 1 atom stereocenters. The fourth-order valence-corrected chi connectivity index (χ4v) is 2.73. The van der Waals surface area contributed by atoms with Crippen LogP contribution < -0.4 is 11.1 Å². The summed E-state index contributed by atoms with van der Waals surface area (Å²) in [5.41, 5.74) is 6.37.